The Labute approximate surface area is 214 Å². The first-order valence-electron chi connectivity index (χ1n) is 12.3. The number of hydrogen-bond acceptors (Lipinski definition) is 9. The molecule has 10 nitrogen and oxygen atoms in total. The Morgan fingerprint density at radius 1 is 1.19 bits per heavy atom. The standard InChI is InChI=1S/C27H32N2O8/c1-10-11-6-7-12-22(37-9-8-26(12,2)3)14(11)19(30)15-13(10)20(31)17-18(29(4)5)21(32)16(25(28)35)24(34)27(17,36)23(15)33/h6-7,10,13,17-18,20,31-33,36H,8-9H2,1-5H3,(H2,28,35). The van der Waals surface area contributed by atoms with E-state index in [0.717, 1.165) is 12.0 Å². The van der Waals surface area contributed by atoms with Crippen LogP contribution in [0.15, 0.2) is 34.8 Å². The second kappa shape index (κ2) is 7.89. The highest BCUT2D eigenvalue weighted by Crippen LogP contribution is 2.56. The third kappa shape index (κ3) is 3.06. The highest BCUT2D eigenvalue weighted by atomic mass is 16.5. The van der Waals surface area contributed by atoms with Crippen LogP contribution in [0.1, 0.15) is 54.6 Å². The van der Waals surface area contributed by atoms with E-state index in [1.165, 1.54) is 19.0 Å². The van der Waals surface area contributed by atoms with Crippen LogP contribution in [-0.2, 0) is 15.0 Å². The molecule has 1 aromatic rings. The molecular weight excluding hydrogens is 480 g/mol. The van der Waals surface area contributed by atoms with Crippen molar-refractivity contribution in [3.8, 4) is 5.75 Å². The summed E-state index contributed by atoms with van der Waals surface area (Å²) < 4.78 is 5.96. The molecule has 6 atom stereocenters. The van der Waals surface area contributed by atoms with E-state index < -0.39 is 70.1 Å². The predicted molar refractivity (Wildman–Crippen MR) is 131 cm³/mol. The zero-order chi connectivity index (χ0) is 27.4. The molecule has 0 fully saturated rings. The number of carbonyl (C=O) groups is 3. The number of likely N-dealkylation sites (N-methyl/N-ethyl adjacent to an activating group) is 1. The molecule has 5 rings (SSSR count). The van der Waals surface area contributed by atoms with Crippen molar-refractivity contribution in [3.05, 3.63) is 51.5 Å². The summed E-state index contributed by atoms with van der Waals surface area (Å²) in [6.07, 6.45) is -0.810. The number of ketones is 2. The van der Waals surface area contributed by atoms with Gasteiger partial charge in [0.1, 0.15) is 22.8 Å². The third-order valence-electron chi connectivity index (χ3n) is 8.81. The first-order chi connectivity index (χ1) is 17.2. The summed E-state index contributed by atoms with van der Waals surface area (Å²) in [4.78, 5) is 41.1. The summed E-state index contributed by atoms with van der Waals surface area (Å²) in [5.74, 6) is -7.58. The van der Waals surface area contributed by atoms with Gasteiger partial charge in [-0.3, -0.25) is 19.3 Å². The Morgan fingerprint density at radius 3 is 2.43 bits per heavy atom. The molecule has 198 valence electrons. The van der Waals surface area contributed by atoms with Crippen molar-refractivity contribution >= 4 is 17.5 Å². The molecule has 37 heavy (non-hydrogen) atoms. The Bertz CT molecular complexity index is 1330. The minimum absolute atomic E-state index is 0.228. The van der Waals surface area contributed by atoms with Crippen molar-refractivity contribution in [1.82, 2.24) is 4.90 Å². The first-order valence-corrected chi connectivity index (χ1v) is 12.3. The van der Waals surface area contributed by atoms with Gasteiger partial charge >= 0.3 is 0 Å². The fourth-order valence-electron chi connectivity index (χ4n) is 6.84. The molecule has 0 spiro atoms. The number of primary amides is 1. The SMILES string of the molecule is CC1c2ccc3c(c2C(=O)C2=C(O)C4(O)C(=O)C(C(N)=O)=C(O)C(N(C)C)C4C(O)C21)OCCC3(C)C. The van der Waals surface area contributed by atoms with Gasteiger partial charge in [-0.1, -0.05) is 32.9 Å². The molecule has 4 aliphatic rings. The van der Waals surface area contributed by atoms with Gasteiger partial charge in [0.2, 0.25) is 5.78 Å². The van der Waals surface area contributed by atoms with Crippen molar-refractivity contribution in [1.29, 1.82) is 0 Å². The molecule has 1 aromatic carbocycles. The summed E-state index contributed by atoms with van der Waals surface area (Å²) in [6, 6.07) is 2.49. The number of carbonyl (C=O) groups excluding carboxylic acids is 3. The second-order valence-corrected chi connectivity index (χ2v) is 11.4. The maximum atomic E-state index is 14.1. The van der Waals surface area contributed by atoms with Gasteiger partial charge in [-0.15, -0.1) is 0 Å². The lowest BCUT2D eigenvalue weighted by Gasteiger charge is -2.53. The number of ether oxygens (including phenoxy) is 1. The summed E-state index contributed by atoms with van der Waals surface area (Å²) in [7, 11) is 3.05. The van der Waals surface area contributed by atoms with Crippen LogP contribution >= 0.6 is 0 Å². The molecule has 1 amide bonds. The van der Waals surface area contributed by atoms with E-state index in [1.54, 1.807) is 6.92 Å². The van der Waals surface area contributed by atoms with Crippen molar-refractivity contribution in [2.45, 2.75) is 56.3 Å². The minimum atomic E-state index is -2.86. The zero-order valence-electron chi connectivity index (χ0n) is 21.4. The fraction of sp³-hybridized carbons (Fsp3) is 0.519. The van der Waals surface area contributed by atoms with Gasteiger partial charge in [0.25, 0.3) is 5.91 Å². The molecule has 0 saturated carbocycles. The number of Topliss-reactive ketones (excluding diaryl/α,β-unsaturated/α-hetero) is 2. The number of nitrogens with two attached hydrogens (primary N) is 1. The van der Waals surface area contributed by atoms with Crippen LogP contribution in [-0.4, -0.2) is 81.2 Å². The number of rotatable bonds is 2. The zero-order valence-corrected chi connectivity index (χ0v) is 21.4. The highest BCUT2D eigenvalue weighted by molar-refractivity contribution is 6.25. The Balaban J connectivity index is 1.80. The summed E-state index contributed by atoms with van der Waals surface area (Å²) in [5.41, 5.74) is 2.72. The van der Waals surface area contributed by atoms with Gasteiger partial charge in [-0.25, -0.2) is 0 Å². The van der Waals surface area contributed by atoms with Gasteiger partial charge in [-0.05, 0) is 37.4 Å². The molecule has 0 aromatic heterocycles. The number of benzene rings is 1. The van der Waals surface area contributed by atoms with Crippen LogP contribution in [0.5, 0.6) is 5.75 Å². The van der Waals surface area contributed by atoms with E-state index in [0.29, 0.717) is 17.9 Å². The fourth-order valence-corrected chi connectivity index (χ4v) is 6.84. The molecule has 0 saturated heterocycles. The molecule has 6 unspecified atom stereocenters. The van der Waals surface area contributed by atoms with Crippen molar-refractivity contribution in [2.75, 3.05) is 20.7 Å². The van der Waals surface area contributed by atoms with Crippen LogP contribution in [0.25, 0.3) is 0 Å². The smallest absolute Gasteiger partial charge is 0.255 e. The molecule has 1 aliphatic heterocycles. The highest BCUT2D eigenvalue weighted by Gasteiger charge is 2.67. The molecule has 1 heterocycles. The molecule has 10 heteroatoms. The average molecular weight is 513 g/mol. The lowest BCUT2D eigenvalue weighted by atomic mass is 9.55. The maximum Gasteiger partial charge on any atom is 0.255 e. The van der Waals surface area contributed by atoms with Crippen LogP contribution in [0.2, 0.25) is 0 Å². The predicted octanol–water partition coefficient (Wildman–Crippen LogP) is 1.01. The van der Waals surface area contributed by atoms with Crippen LogP contribution in [0.3, 0.4) is 0 Å². The van der Waals surface area contributed by atoms with Crippen LogP contribution < -0.4 is 10.5 Å². The van der Waals surface area contributed by atoms with Gasteiger partial charge < -0.3 is 30.9 Å². The third-order valence-corrected chi connectivity index (χ3v) is 8.81. The maximum absolute atomic E-state index is 14.1. The van der Waals surface area contributed by atoms with Crippen molar-refractivity contribution in [2.24, 2.45) is 17.6 Å². The molecule has 6 N–H and O–H groups in total. The van der Waals surface area contributed by atoms with Gasteiger partial charge in [0.15, 0.2) is 11.4 Å². The number of nitrogens with zero attached hydrogens (tertiary/aromatic N) is 1. The summed E-state index contributed by atoms with van der Waals surface area (Å²) in [6.45, 7) is 6.26. The van der Waals surface area contributed by atoms with E-state index in [2.05, 4.69) is 0 Å². The minimum Gasteiger partial charge on any atom is -0.510 e. The van der Waals surface area contributed by atoms with Crippen molar-refractivity contribution in [3.63, 3.8) is 0 Å². The Kier molecular flexibility index (Phi) is 5.43. The van der Waals surface area contributed by atoms with Gasteiger partial charge in [0.05, 0.1) is 30.2 Å². The van der Waals surface area contributed by atoms with Crippen LogP contribution in [0, 0.1) is 11.8 Å². The van der Waals surface area contributed by atoms with E-state index in [1.807, 2.05) is 26.0 Å². The summed E-state index contributed by atoms with van der Waals surface area (Å²) >= 11 is 0. The lowest BCUT2D eigenvalue weighted by molar-refractivity contribution is -0.162. The second-order valence-electron chi connectivity index (χ2n) is 11.4. The van der Waals surface area contributed by atoms with E-state index in [4.69, 9.17) is 10.5 Å². The Morgan fingerprint density at radius 2 is 1.84 bits per heavy atom. The Hall–Kier alpha value is -3.21. The summed E-state index contributed by atoms with van der Waals surface area (Å²) in [5, 5.41) is 45.8. The molecule has 0 bridgehead atoms. The number of hydrogen-bond donors (Lipinski definition) is 5. The molecular formula is C27H32N2O8. The normalized spacial score (nSPS) is 34.4. The van der Waals surface area contributed by atoms with E-state index in [-0.39, 0.29) is 16.6 Å². The topological polar surface area (TPSA) is 171 Å². The van der Waals surface area contributed by atoms with E-state index in [9.17, 15) is 34.8 Å². The number of aliphatic hydroxyl groups is 4. The molecule has 0 radical (unpaired) electrons. The monoisotopic (exact) mass is 512 g/mol. The largest absolute Gasteiger partial charge is 0.510 e. The van der Waals surface area contributed by atoms with E-state index >= 15 is 0 Å². The quantitative estimate of drug-likeness (QED) is 0.363. The van der Waals surface area contributed by atoms with Gasteiger partial charge in [0, 0.05) is 17.1 Å². The average Bonchev–Trinajstić information content (AvgIpc) is 2.80. The lowest BCUT2D eigenvalue weighted by Crippen LogP contribution is -2.68. The number of aliphatic hydroxyl groups excluding tert-OH is 3. The van der Waals surface area contributed by atoms with Crippen LogP contribution in [0.4, 0.5) is 0 Å². The number of fused-ring (bicyclic) bond motifs is 5. The molecule has 3 aliphatic carbocycles. The number of amides is 1. The van der Waals surface area contributed by atoms with Crippen molar-refractivity contribution < 1.29 is 39.5 Å². The van der Waals surface area contributed by atoms with Gasteiger partial charge in [-0.2, -0.15) is 0 Å². The first kappa shape index (κ1) is 25.4.